The fourth-order valence-corrected chi connectivity index (χ4v) is 3.26. The van der Waals surface area contributed by atoms with Gasteiger partial charge >= 0.3 is 0 Å². The molecule has 7 nitrogen and oxygen atoms in total. The van der Waals surface area contributed by atoms with Crippen molar-refractivity contribution in [3.8, 4) is 11.3 Å². The molecular formula is C17H19N3O4. The van der Waals surface area contributed by atoms with Gasteiger partial charge in [-0.3, -0.25) is 9.78 Å². The number of ether oxygens (including phenoxy) is 2. The third-order valence-electron chi connectivity index (χ3n) is 4.45. The van der Waals surface area contributed by atoms with Crippen LogP contribution in [-0.2, 0) is 9.47 Å². The first kappa shape index (κ1) is 15.3. The predicted molar refractivity (Wildman–Crippen MR) is 84.1 cm³/mol. The van der Waals surface area contributed by atoms with Crippen LogP contribution in [0, 0.1) is 0 Å². The smallest absolute Gasteiger partial charge is 0.276 e. The highest BCUT2D eigenvalue weighted by Gasteiger charge is 2.37. The third-order valence-corrected chi connectivity index (χ3v) is 4.45. The van der Waals surface area contributed by atoms with Crippen molar-refractivity contribution in [3.05, 3.63) is 36.3 Å². The summed E-state index contributed by atoms with van der Waals surface area (Å²) >= 11 is 0. The molecular weight excluding hydrogens is 310 g/mol. The summed E-state index contributed by atoms with van der Waals surface area (Å²) in [7, 11) is 0. The van der Waals surface area contributed by atoms with Crippen LogP contribution in [0.2, 0.25) is 0 Å². The zero-order chi connectivity index (χ0) is 16.4. The van der Waals surface area contributed by atoms with Crippen LogP contribution in [-0.4, -0.2) is 53.0 Å². The van der Waals surface area contributed by atoms with Crippen molar-refractivity contribution in [2.45, 2.75) is 31.6 Å². The molecule has 0 N–H and O–H groups in total. The Morgan fingerprint density at radius 3 is 2.92 bits per heavy atom. The zero-order valence-electron chi connectivity index (χ0n) is 13.3. The topological polar surface area (TPSA) is 77.7 Å². The fourth-order valence-electron chi connectivity index (χ4n) is 3.26. The lowest BCUT2D eigenvalue weighted by atomic mass is 10.0. The van der Waals surface area contributed by atoms with E-state index >= 15 is 0 Å². The number of piperidine rings is 1. The lowest BCUT2D eigenvalue weighted by Crippen LogP contribution is -2.50. The molecule has 1 amide bonds. The number of amides is 1. The first-order valence-corrected chi connectivity index (χ1v) is 8.24. The number of nitrogens with zero attached hydrogens (tertiary/aromatic N) is 3. The first-order chi connectivity index (χ1) is 11.8. The molecule has 2 aromatic rings. The van der Waals surface area contributed by atoms with Gasteiger partial charge in [-0.1, -0.05) is 5.16 Å². The molecule has 126 valence electrons. The van der Waals surface area contributed by atoms with E-state index in [2.05, 4.69) is 10.1 Å². The zero-order valence-corrected chi connectivity index (χ0v) is 13.3. The second-order valence-corrected chi connectivity index (χ2v) is 5.99. The van der Waals surface area contributed by atoms with Gasteiger partial charge in [0.1, 0.15) is 0 Å². The van der Waals surface area contributed by atoms with Gasteiger partial charge in [0.15, 0.2) is 17.7 Å². The fraction of sp³-hybridized carbons (Fsp3) is 0.471. The second kappa shape index (κ2) is 6.70. The van der Waals surface area contributed by atoms with E-state index in [1.807, 2.05) is 17.0 Å². The van der Waals surface area contributed by atoms with E-state index < -0.39 is 0 Å². The number of rotatable bonds is 3. The van der Waals surface area contributed by atoms with Crippen molar-refractivity contribution in [2.24, 2.45) is 0 Å². The SMILES string of the molecule is O=C(c1cc(-c2cccnc2)on1)N1CCCCC1C1OCCO1. The summed E-state index contributed by atoms with van der Waals surface area (Å²) in [5.74, 6) is 0.395. The Morgan fingerprint density at radius 2 is 2.12 bits per heavy atom. The molecule has 24 heavy (non-hydrogen) atoms. The van der Waals surface area contributed by atoms with Gasteiger partial charge in [0.05, 0.1) is 19.3 Å². The predicted octanol–water partition coefficient (Wildman–Crippen LogP) is 2.10. The normalized spacial score (nSPS) is 22.0. The summed E-state index contributed by atoms with van der Waals surface area (Å²) in [4.78, 5) is 18.8. The quantitative estimate of drug-likeness (QED) is 0.858. The van der Waals surface area contributed by atoms with Gasteiger partial charge in [0, 0.05) is 30.6 Å². The van der Waals surface area contributed by atoms with Crippen LogP contribution < -0.4 is 0 Å². The lowest BCUT2D eigenvalue weighted by Gasteiger charge is -2.37. The average molecular weight is 329 g/mol. The van der Waals surface area contributed by atoms with Gasteiger partial charge in [0.2, 0.25) is 0 Å². The van der Waals surface area contributed by atoms with E-state index in [0.717, 1.165) is 24.8 Å². The lowest BCUT2D eigenvalue weighted by molar-refractivity contribution is -0.100. The molecule has 1 atom stereocenters. The molecule has 2 aliphatic rings. The van der Waals surface area contributed by atoms with E-state index in [1.165, 1.54) is 0 Å². The average Bonchev–Trinajstić information content (AvgIpc) is 3.34. The number of likely N-dealkylation sites (tertiary alicyclic amines) is 1. The van der Waals surface area contributed by atoms with Gasteiger partial charge in [-0.25, -0.2) is 0 Å². The minimum Gasteiger partial charge on any atom is -0.355 e. The van der Waals surface area contributed by atoms with Crippen molar-refractivity contribution in [2.75, 3.05) is 19.8 Å². The molecule has 0 bridgehead atoms. The first-order valence-electron chi connectivity index (χ1n) is 8.24. The van der Waals surface area contributed by atoms with Gasteiger partial charge in [-0.15, -0.1) is 0 Å². The molecule has 2 fully saturated rings. The maximum Gasteiger partial charge on any atom is 0.276 e. The van der Waals surface area contributed by atoms with Crippen LogP contribution in [0.15, 0.2) is 35.1 Å². The summed E-state index contributed by atoms with van der Waals surface area (Å²) in [6, 6.07) is 5.29. The molecule has 0 saturated carbocycles. The molecule has 2 saturated heterocycles. The molecule has 0 spiro atoms. The third kappa shape index (κ3) is 2.92. The Bertz CT molecular complexity index is 697. The van der Waals surface area contributed by atoms with Gasteiger partial charge in [0.25, 0.3) is 5.91 Å². The molecule has 4 rings (SSSR count). The summed E-state index contributed by atoms with van der Waals surface area (Å²) in [6.45, 7) is 1.85. The number of carbonyl (C=O) groups excluding carboxylic acids is 1. The Labute approximate surface area is 139 Å². The number of aromatic nitrogens is 2. The molecule has 4 heterocycles. The Kier molecular flexibility index (Phi) is 4.27. The molecule has 7 heteroatoms. The van der Waals surface area contributed by atoms with Crippen molar-refractivity contribution in [1.29, 1.82) is 0 Å². The minimum absolute atomic E-state index is 0.0627. The molecule has 0 aliphatic carbocycles. The Balaban J connectivity index is 1.54. The Morgan fingerprint density at radius 1 is 1.25 bits per heavy atom. The highest BCUT2D eigenvalue weighted by atomic mass is 16.7. The summed E-state index contributed by atoms with van der Waals surface area (Å²) < 4.78 is 16.6. The summed E-state index contributed by atoms with van der Waals surface area (Å²) in [5, 5.41) is 3.95. The molecule has 2 aliphatic heterocycles. The monoisotopic (exact) mass is 329 g/mol. The Hall–Kier alpha value is -2.25. The van der Waals surface area contributed by atoms with Crippen molar-refractivity contribution in [3.63, 3.8) is 0 Å². The van der Waals surface area contributed by atoms with Crippen molar-refractivity contribution in [1.82, 2.24) is 15.0 Å². The number of hydrogen-bond donors (Lipinski definition) is 0. The molecule has 2 aromatic heterocycles. The van der Waals surface area contributed by atoms with Crippen molar-refractivity contribution >= 4 is 5.91 Å². The highest BCUT2D eigenvalue weighted by molar-refractivity contribution is 5.93. The van der Waals surface area contributed by atoms with Gasteiger partial charge in [-0.2, -0.15) is 0 Å². The van der Waals surface area contributed by atoms with E-state index in [4.69, 9.17) is 14.0 Å². The number of carbonyl (C=O) groups is 1. The van der Waals surface area contributed by atoms with Gasteiger partial charge in [-0.05, 0) is 31.4 Å². The van der Waals surface area contributed by atoms with E-state index in [0.29, 0.717) is 31.2 Å². The largest absolute Gasteiger partial charge is 0.355 e. The maximum atomic E-state index is 12.9. The van der Waals surface area contributed by atoms with Gasteiger partial charge < -0.3 is 18.9 Å². The van der Waals surface area contributed by atoms with E-state index in [9.17, 15) is 4.79 Å². The summed E-state index contributed by atoms with van der Waals surface area (Å²) in [6.07, 6.45) is 5.95. The highest BCUT2D eigenvalue weighted by Crippen LogP contribution is 2.27. The van der Waals surface area contributed by atoms with Crippen LogP contribution >= 0.6 is 0 Å². The molecule has 1 unspecified atom stereocenters. The number of hydrogen-bond acceptors (Lipinski definition) is 6. The minimum atomic E-state index is -0.334. The summed E-state index contributed by atoms with van der Waals surface area (Å²) in [5.41, 5.74) is 1.10. The van der Waals surface area contributed by atoms with Crippen LogP contribution in [0.25, 0.3) is 11.3 Å². The van der Waals surface area contributed by atoms with Crippen LogP contribution in [0.3, 0.4) is 0 Å². The van der Waals surface area contributed by atoms with Crippen LogP contribution in [0.4, 0.5) is 0 Å². The van der Waals surface area contributed by atoms with Crippen LogP contribution in [0.5, 0.6) is 0 Å². The van der Waals surface area contributed by atoms with Crippen molar-refractivity contribution < 1.29 is 18.8 Å². The number of pyridine rings is 1. The molecule has 0 aromatic carbocycles. The van der Waals surface area contributed by atoms with E-state index in [1.54, 1.807) is 18.5 Å². The maximum absolute atomic E-state index is 12.9. The second-order valence-electron chi connectivity index (χ2n) is 5.99. The van der Waals surface area contributed by atoms with Crippen LogP contribution in [0.1, 0.15) is 29.8 Å². The standard InChI is InChI=1S/C17H19N3O4/c21-16(13-10-15(24-19-13)12-4-3-6-18-11-12)20-7-2-1-5-14(20)17-22-8-9-23-17/h3-4,6,10-11,14,17H,1-2,5,7-9H2. The molecule has 0 radical (unpaired) electrons. The van der Waals surface area contributed by atoms with E-state index in [-0.39, 0.29) is 18.2 Å².